The molecular weight excluding hydrogens is 306 g/mol. The Bertz CT molecular complexity index is 838. The molecule has 0 bridgehead atoms. The number of hydrogen-bond donors (Lipinski definition) is 1. The van der Waals surface area contributed by atoms with Crippen LogP contribution in [0.4, 0.5) is 0 Å². The van der Waals surface area contributed by atoms with Crippen LogP contribution in [0, 0.1) is 0 Å². The summed E-state index contributed by atoms with van der Waals surface area (Å²) in [5.74, 6) is -0.0291. The highest BCUT2D eigenvalue weighted by Gasteiger charge is 2.13. The lowest BCUT2D eigenvalue weighted by atomic mass is 9.99. The van der Waals surface area contributed by atoms with E-state index in [1.807, 2.05) is 43.3 Å². The average Bonchev–Trinajstić information content (AvgIpc) is 2.56. The normalized spacial score (nSPS) is 12.1. The predicted octanol–water partition coefficient (Wildman–Crippen LogP) is 4.91. The molecule has 3 aromatic carbocycles. The molecule has 0 aliphatic rings. The zero-order valence-electron chi connectivity index (χ0n) is 12.9. The largest absolute Gasteiger partial charge is 0.349 e. The zero-order chi connectivity index (χ0) is 16.2. The number of benzene rings is 3. The summed E-state index contributed by atoms with van der Waals surface area (Å²) in [6.45, 7) is 2.01. The van der Waals surface area contributed by atoms with Crippen LogP contribution in [0.2, 0.25) is 5.02 Å². The molecule has 2 nitrogen and oxygen atoms in total. The molecule has 0 saturated carbocycles. The van der Waals surface area contributed by atoms with Crippen LogP contribution in [0.25, 0.3) is 10.8 Å². The molecule has 1 atom stereocenters. The van der Waals surface area contributed by atoms with E-state index in [0.29, 0.717) is 5.02 Å². The lowest BCUT2D eigenvalue weighted by molar-refractivity contribution is -0.121. The van der Waals surface area contributed by atoms with Crippen LogP contribution in [-0.2, 0) is 11.2 Å². The summed E-state index contributed by atoms with van der Waals surface area (Å²) in [6, 6.07) is 21.7. The zero-order valence-corrected chi connectivity index (χ0v) is 13.7. The third-order valence-corrected chi connectivity index (χ3v) is 4.34. The maximum Gasteiger partial charge on any atom is 0.224 e. The highest BCUT2D eigenvalue weighted by atomic mass is 35.5. The molecule has 0 heterocycles. The smallest absolute Gasteiger partial charge is 0.224 e. The number of hydrogen-bond acceptors (Lipinski definition) is 1. The van der Waals surface area contributed by atoms with Crippen LogP contribution in [0.15, 0.2) is 66.7 Å². The summed E-state index contributed by atoms with van der Waals surface area (Å²) in [6.07, 6.45) is 0.286. The van der Waals surface area contributed by atoms with Crippen LogP contribution in [-0.4, -0.2) is 5.91 Å². The van der Waals surface area contributed by atoms with Gasteiger partial charge in [-0.25, -0.2) is 0 Å². The second kappa shape index (κ2) is 6.84. The fourth-order valence-electron chi connectivity index (χ4n) is 2.81. The highest BCUT2D eigenvalue weighted by Crippen LogP contribution is 2.24. The Kier molecular flexibility index (Phi) is 4.63. The molecule has 23 heavy (non-hydrogen) atoms. The molecule has 3 rings (SSSR count). The number of amides is 1. The van der Waals surface area contributed by atoms with Gasteiger partial charge in [-0.15, -0.1) is 0 Å². The van der Waals surface area contributed by atoms with Crippen molar-refractivity contribution in [2.24, 2.45) is 0 Å². The Labute approximate surface area is 141 Å². The fourth-order valence-corrected chi connectivity index (χ4v) is 3.02. The van der Waals surface area contributed by atoms with Gasteiger partial charge in [0.15, 0.2) is 0 Å². The van der Waals surface area contributed by atoms with Crippen molar-refractivity contribution in [2.45, 2.75) is 19.4 Å². The molecule has 0 aliphatic heterocycles. The molecule has 0 fully saturated rings. The number of carbonyl (C=O) groups is 1. The van der Waals surface area contributed by atoms with Crippen molar-refractivity contribution in [2.75, 3.05) is 0 Å². The Morgan fingerprint density at radius 2 is 1.70 bits per heavy atom. The Morgan fingerprint density at radius 3 is 2.52 bits per heavy atom. The molecule has 3 aromatic rings. The first kappa shape index (κ1) is 15.6. The molecule has 1 amide bonds. The van der Waals surface area contributed by atoms with Gasteiger partial charge in [-0.3, -0.25) is 4.79 Å². The van der Waals surface area contributed by atoms with Crippen molar-refractivity contribution in [3.05, 3.63) is 82.9 Å². The first-order chi connectivity index (χ1) is 11.1. The summed E-state index contributed by atoms with van der Waals surface area (Å²) in [5, 5.41) is 6.04. The number of rotatable bonds is 4. The summed E-state index contributed by atoms with van der Waals surface area (Å²) in [7, 11) is 0. The van der Waals surface area contributed by atoms with E-state index in [0.717, 1.165) is 11.1 Å². The molecular formula is C20H18ClNO. The van der Waals surface area contributed by atoms with Gasteiger partial charge in [-0.1, -0.05) is 72.3 Å². The minimum atomic E-state index is -0.0592. The Hall–Kier alpha value is -2.32. The van der Waals surface area contributed by atoms with Gasteiger partial charge in [0.1, 0.15) is 0 Å². The van der Waals surface area contributed by atoms with Gasteiger partial charge in [-0.2, -0.15) is 0 Å². The molecule has 0 saturated heterocycles. The maximum atomic E-state index is 12.3. The van der Waals surface area contributed by atoms with Gasteiger partial charge in [-0.05, 0) is 34.9 Å². The second-order valence-corrected chi connectivity index (χ2v) is 6.03. The molecule has 116 valence electrons. The highest BCUT2D eigenvalue weighted by molar-refractivity contribution is 6.31. The van der Waals surface area contributed by atoms with Gasteiger partial charge >= 0.3 is 0 Å². The van der Waals surface area contributed by atoms with Crippen molar-refractivity contribution in [1.29, 1.82) is 0 Å². The number of halogens is 1. The third-order valence-electron chi connectivity index (χ3n) is 3.98. The second-order valence-electron chi connectivity index (χ2n) is 5.63. The Balaban J connectivity index is 1.77. The predicted molar refractivity (Wildman–Crippen MR) is 95.7 cm³/mol. The van der Waals surface area contributed by atoms with E-state index in [4.69, 9.17) is 11.6 Å². The minimum absolute atomic E-state index is 0.0291. The topological polar surface area (TPSA) is 29.1 Å². The number of nitrogens with one attached hydrogen (secondary N) is 1. The van der Waals surface area contributed by atoms with Crippen molar-refractivity contribution >= 4 is 28.3 Å². The Morgan fingerprint density at radius 1 is 1.00 bits per heavy atom. The number of carbonyl (C=O) groups excluding carboxylic acids is 1. The minimum Gasteiger partial charge on any atom is -0.349 e. The van der Waals surface area contributed by atoms with Gasteiger partial charge < -0.3 is 5.32 Å². The van der Waals surface area contributed by atoms with E-state index in [-0.39, 0.29) is 18.4 Å². The maximum absolute atomic E-state index is 12.3. The fraction of sp³-hybridized carbons (Fsp3) is 0.150. The van der Waals surface area contributed by atoms with Crippen LogP contribution in [0.3, 0.4) is 0 Å². The average molecular weight is 324 g/mol. The summed E-state index contributed by atoms with van der Waals surface area (Å²) >= 11 is 6.12. The molecule has 1 N–H and O–H groups in total. The van der Waals surface area contributed by atoms with Crippen molar-refractivity contribution in [3.8, 4) is 0 Å². The monoisotopic (exact) mass is 323 g/mol. The van der Waals surface area contributed by atoms with Crippen LogP contribution >= 0.6 is 11.6 Å². The van der Waals surface area contributed by atoms with Gasteiger partial charge in [0, 0.05) is 5.02 Å². The number of fused-ring (bicyclic) bond motifs is 1. The molecule has 3 heteroatoms. The quantitative estimate of drug-likeness (QED) is 0.726. The molecule has 0 radical (unpaired) electrons. The summed E-state index contributed by atoms with van der Waals surface area (Å²) in [4.78, 5) is 12.3. The van der Waals surface area contributed by atoms with Crippen molar-refractivity contribution in [1.82, 2.24) is 5.32 Å². The van der Waals surface area contributed by atoms with E-state index in [1.165, 1.54) is 10.8 Å². The molecule has 0 aromatic heterocycles. The first-order valence-electron chi connectivity index (χ1n) is 7.65. The first-order valence-corrected chi connectivity index (χ1v) is 8.03. The van der Waals surface area contributed by atoms with E-state index in [1.54, 1.807) is 6.07 Å². The lowest BCUT2D eigenvalue weighted by Gasteiger charge is -2.17. The SMILES string of the molecule is C[C@H](NC(=O)Cc1ccccc1Cl)c1cccc2ccccc12. The molecule has 0 aliphatic carbocycles. The van der Waals surface area contributed by atoms with E-state index >= 15 is 0 Å². The van der Waals surface area contributed by atoms with Gasteiger partial charge in [0.05, 0.1) is 12.5 Å². The lowest BCUT2D eigenvalue weighted by Crippen LogP contribution is -2.28. The van der Waals surface area contributed by atoms with E-state index in [2.05, 4.69) is 29.6 Å². The third kappa shape index (κ3) is 3.54. The summed E-state index contributed by atoms with van der Waals surface area (Å²) < 4.78 is 0. The van der Waals surface area contributed by atoms with E-state index < -0.39 is 0 Å². The molecule has 0 spiro atoms. The van der Waals surface area contributed by atoms with Crippen LogP contribution in [0.1, 0.15) is 24.1 Å². The van der Waals surface area contributed by atoms with Gasteiger partial charge in [0.2, 0.25) is 5.91 Å². The van der Waals surface area contributed by atoms with Crippen molar-refractivity contribution in [3.63, 3.8) is 0 Å². The van der Waals surface area contributed by atoms with E-state index in [9.17, 15) is 4.79 Å². The van der Waals surface area contributed by atoms with Crippen LogP contribution < -0.4 is 5.32 Å². The molecule has 0 unspecified atom stereocenters. The van der Waals surface area contributed by atoms with Crippen molar-refractivity contribution < 1.29 is 4.79 Å². The standard InChI is InChI=1S/C20H18ClNO/c1-14(17-11-6-9-15-7-2-4-10-18(15)17)22-20(23)13-16-8-3-5-12-19(16)21/h2-12,14H,13H2,1H3,(H,22,23)/t14-/m0/s1. The summed E-state index contributed by atoms with van der Waals surface area (Å²) in [5.41, 5.74) is 1.97. The van der Waals surface area contributed by atoms with Gasteiger partial charge in [0.25, 0.3) is 0 Å². The van der Waals surface area contributed by atoms with Crippen LogP contribution in [0.5, 0.6) is 0 Å².